The lowest BCUT2D eigenvalue weighted by molar-refractivity contribution is -0.131. The third-order valence-corrected chi connectivity index (χ3v) is 5.88. The summed E-state index contributed by atoms with van der Waals surface area (Å²) in [6.07, 6.45) is 1.13. The predicted octanol–water partition coefficient (Wildman–Crippen LogP) is 2.26. The van der Waals surface area contributed by atoms with Crippen LogP contribution in [0.25, 0.3) is 0 Å². The van der Waals surface area contributed by atoms with Crippen LogP contribution in [-0.4, -0.2) is 35.6 Å². The minimum Gasteiger partial charge on any atom is -0.341 e. The second-order valence-electron chi connectivity index (χ2n) is 7.62. The number of hydrogen-bond acceptors (Lipinski definition) is 5. The zero-order valence-corrected chi connectivity index (χ0v) is 15.9. The summed E-state index contributed by atoms with van der Waals surface area (Å²) >= 11 is 1.18. The van der Waals surface area contributed by atoms with Gasteiger partial charge in [-0.25, -0.2) is 0 Å². The molecule has 0 saturated carbocycles. The molecule has 0 aromatic heterocycles. The average molecular weight is 360 g/mol. The molecule has 0 spiro atoms. The van der Waals surface area contributed by atoms with Crippen LogP contribution in [0.2, 0.25) is 0 Å². The van der Waals surface area contributed by atoms with Crippen LogP contribution < -0.4 is 5.32 Å². The lowest BCUT2D eigenvalue weighted by Crippen LogP contribution is -2.45. The first-order valence-corrected chi connectivity index (χ1v) is 9.45. The number of thioether (sulfide) groups is 1. The third-order valence-electron chi connectivity index (χ3n) is 4.89. The SMILES string of the molecule is C[C@@H]1C[C@H](C)CN(C(=O)CSC2=C(C#N)C(C)(C)[C@H](C#N)C(=O)N2)C1. The van der Waals surface area contributed by atoms with Gasteiger partial charge in [0.1, 0.15) is 5.92 Å². The summed E-state index contributed by atoms with van der Waals surface area (Å²) in [6, 6.07) is 4.09. The number of piperidine rings is 1. The van der Waals surface area contributed by atoms with Gasteiger partial charge in [-0.3, -0.25) is 9.59 Å². The Balaban J connectivity index is 2.12. The van der Waals surface area contributed by atoms with Gasteiger partial charge in [0.15, 0.2) is 0 Å². The summed E-state index contributed by atoms with van der Waals surface area (Å²) in [6.45, 7) is 9.23. The molecule has 0 bridgehead atoms. The van der Waals surface area contributed by atoms with E-state index in [2.05, 4.69) is 25.2 Å². The maximum absolute atomic E-state index is 12.5. The van der Waals surface area contributed by atoms with Crippen molar-refractivity contribution in [1.82, 2.24) is 10.2 Å². The van der Waals surface area contributed by atoms with Crippen LogP contribution in [0.4, 0.5) is 0 Å². The van der Waals surface area contributed by atoms with Gasteiger partial charge in [0, 0.05) is 18.5 Å². The van der Waals surface area contributed by atoms with Crippen LogP contribution in [0.3, 0.4) is 0 Å². The molecule has 1 fully saturated rings. The Bertz CT molecular complexity index is 676. The van der Waals surface area contributed by atoms with Crippen LogP contribution in [0.15, 0.2) is 10.6 Å². The molecule has 2 aliphatic rings. The summed E-state index contributed by atoms with van der Waals surface area (Å²) in [4.78, 5) is 26.6. The van der Waals surface area contributed by atoms with E-state index < -0.39 is 17.2 Å². The molecule has 7 heteroatoms. The van der Waals surface area contributed by atoms with E-state index in [4.69, 9.17) is 0 Å². The molecule has 2 amide bonds. The van der Waals surface area contributed by atoms with Gasteiger partial charge in [-0.05, 0) is 18.3 Å². The maximum atomic E-state index is 12.5. The smallest absolute Gasteiger partial charge is 0.243 e. The molecule has 1 saturated heterocycles. The molecule has 0 unspecified atom stereocenters. The molecule has 0 aliphatic carbocycles. The number of carbonyl (C=O) groups excluding carboxylic acids is 2. The maximum Gasteiger partial charge on any atom is 0.243 e. The topological polar surface area (TPSA) is 97.0 Å². The average Bonchev–Trinajstić information content (AvgIpc) is 2.51. The monoisotopic (exact) mass is 360 g/mol. The van der Waals surface area contributed by atoms with Crippen molar-refractivity contribution in [2.75, 3.05) is 18.8 Å². The normalized spacial score (nSPS) is 28.8. The zero-order valence-electron chi connectivity index (χ0n) is 15.1. The molecular formula is C18H24N4O2S. The Hall–Kier alpha value is -1.99. The van der Waals surface area contributed by atoms with Crippen molar-refractivity contribution >= 4 is 23.6 Å². The molecule has 0 aromatic rings. The van der Waals surface area contributed by atoms with E-state index in [0.29, 0.717) is 22.4 Å². The van der Waals surface area contributed by atoms with Gasteiger partial charge in [0.2, 0.25) is 11.8 Å². The van der Waals surface area contributed by atoms with Crippen molar-refractivity contribution < 1.29 is 9.59 Å². The highest BCUT2D eigenvalue weighted by Crippen LogP contribution is 2.41. The fourth-order valence-corrected chi connectivity index (χ4v) is 4.70. The molecule has 0 radical (unpaired) electrons. The van der Waals surface area contributed by atoms with E-state index >= 15 is 0 Å². The Labute approximate surface area is 153 Å². The summed E-state index contributed by atoms with van der Waals surface area (Å²) in [7, 11) is 0. The lowest BCUT2D eigenvalue weighted by atomic mass is 9.72. The van der Waals surface area contributed by atoms with Gasteiger partial charge in [0.05, 0.1) is 28.5 Å². The van der Waals surface area contributed by atoms with Gasteiger partial charge in [-0.15, -0.1) is 0 Å². The first kappa shape index (κ1) is 19.3. The zero-order chi connectivity index (χ0) is 18.8. The molecular weight excluding hydrogens is 336 g/mol. The van der Waals surface area contributed by atoms with Gasteiger partial charge in [-0.1, -0.05) is 39.5 Å². The second kappa shape index (κ2) is 7.49. The lowest BCUT2D eigenvalue weighted by Gasteiger charge is -2.36. The number of rotatable bonds is 3. The largest absolute Gasteiger partial charge is 0.341 e. The van der Waals surface area contributed by atoms with Crippen molar-refractivity contribution in [3.8, 4) is 12.1 Å². The Morgan fingerprint density at radius 3 is 2.44 bits per heavy atom. The predicted molar refractivity (Wildman–Crippen MR) is 95.6 cm³/mol. The van der Waals surface area contributed by atoms with Crippen LogP contribution in [0.5, 0.6) is 0 Å². The number of nitriles is 2. The van der Waals surface area contributed by atoms with Gasteiger partial charge in [-0.2, -0.15) is 10.5 Å². The van der Waals surface area contributed by atoms with E-state index in [1.54, 1.807) is 13.8 Å². The second-order valence-corrected chi connectivity index (χ2v) is 8.61. The van der Waals surface area contributed by atoms with Gasteiger partial charge in [0.25, 0.3) is 0 Å². The van der Waals surface area contributed by atoms with Crippen LogP contribution in [0.1, 0.15) is 34.1 Å². The number of nitrogens with one attached hydrogen (secondary N) is 1. The summed E-state index contributed by atoms with van der Waals surface area (Å²) < 4.78 is 0. The van der Waals surface area contributed by atoms with Gasteiger partial charge >= 0.3 is 0 Å². The number of allylic oxidation sites excluding steroid dienone is 1. The molecule has 0 aromatic carbocycles. The van der Waals surface area contributed by atoms with Crippen LogP contribution >= 0.6 is 11.8 Å². The summed E-state index contributed by atoms with van der Waals surface area (Å²) in [5.41, 5.74) is -0.511. The number of amides is 2. The van der Waals surface area contributed by atoms with Crippen molar-refractivity contribution in [2.24, 2.45) is 23.2 Å². The summed E-state index contributed by atoms with van der Waals surface area (Å²) in [5, 5.41) is 21.8. The van der Waals surface area contributed by atoms with E-state index in [0.717, 1.165) is 19.5 Å². The minimum atomic E-state index is -0.911. The Morgan fingerprint density at radius 2 is 1.92 bits per heavy atom. The molecule has 2 rings (SSSR count). The number of nitrogens with zero attached hydrogens (tertiary/aromatic N) is 3. The minimum absolute atomic E-state index is 0.0163. The van der Waals surface area contributed by atoms with Crippen molar-refractivity contribution in [1.29, 1.82) is 10.5 Å². The molecule has 1 N–H and O–H groups in total. The third kappa shape index (κ3) is 3.99. The molecule has 3 atom stereocenters. The molecule has 25 heavy (non-hydrogen) atoms. The molecule has 134 valence electrons. The first-order valence-electron chi connectivity index (χ1n) is 8.46. The van der Waals surface area contributed by atoms with Crippen molar-refractivity contribution in [3.05, 3.63) is 10.6 Å². The van der Waals surface area contributed by atoms with Crippen molar-refractivity contribution in [2.45, 2.75) is 34.1 Å². The Morgan fingerprint density at radius 1 is 1.32 bits per heavy atom. The highest BCUT2D eigenvalue weighted by molar-refractivity contribution is 8.03. The van der Waals surface area contributed by atoms with E-state index in [1.165, 1.54) is 11.8 Å². The van der Waals surface area contributed by atoms with E-state index in [9.17, 15) is 20.1 Å². The highest BCUT2D eigenvalue weighted by atomic mass is 32.2. The van der Waals surface area contributed by atoms with E-state index in [1.807, 2.05) is 11.0 Å². The van der Waals surface area contributed by atoms with Crippen LogP contribution in [0, 0.1) is 45.8 Å². The number of carbonyl (C=O) groups is 2. The standard InChI is InChI=1S/C18H24N4O2S/c1-11-5-12(2)9-22(8-11)15(23)10-25-17-14(7-20)18(3,4)13(6-19)16(24)21-17/h11-13H,5,8-10H2,1-4H3,(H,21,24)/t11-,12+,13-/m1/s1. The fourth-order valence-electron chi connectivity index (χ4n) is 3.63. The summed E-state index contributed by atoms with van der Waals surface area (Å²) in [5.74, 6) is -0.170. The number of hydrogen-bond donors (Lipinski definition) is 1. The first-order chi connectivity index (χ1) is 11.7. The van der Waals surface area contributed by atoms with Crippen molar-refractivity contribution in [3.63, 3.8) is 0 Å². The molecule has 2 heterocycles. The van der Waals surface area contributed by atoms with Gasteiger partial charge < -0.3 is 10.2 Å². The molecule has 6 nitrogen and oxygen atoms in total. The van der Waals surface area contributed by atoms with E-state index in [-0.39, 0.29) is 11.7 Å². The van der Waals surface area contributed by atoms with Crippen LogP contribution in [-0.2, 0) is 9.59 Å². The Kier molecular flexibility index (Phi) is 5.80. The molecule has 2 aliphatic heterocycles. The number of likely N-dealkylation sites (tertiary alicyclic amines) is 1. The highest BCUT2D eigenvalue weighted by Gasteiger charge is 2.44. The quantitative estimate of drug-likeness (QED) is 0.832. The fraction of sp³-hybridized carbons (Fsp3) is 0.667.